The molecule has 1 aromatic rings. The molecule has 1 aliphatic heterocycles. The highest BCUT2D eigenvalue weighted by atomic mass is 32.1. The minimum absolute atomic E-state index is 0.428. The second kappa shape index (κ2) is 9.75. The molecule has 0 saturated carbocycles. The molecule has 0 radical (unpaired) electrons. The van der Waals surface area contributed by atoms with Crippen LogP contribution in [0.4, 0.5) is 16.2 Å². The van der Waals surface area contributed by atoms with E-state index in [2.05, 4.69) is 44.9 Å². The van der Waals surface area contributed by atoms with E-state index in [0.717, 1.165) is 31.9 Å². The van der Waals surface area contributed by atoms with Gasteiger partial charge in [-0.25, -0.2) is 4.79 Å². The fourth-order valence-corrected chi connectivity index (χ4v) is 2.87. The van der Waals surface area contributed by atoms with Gasteiger partial charge in [-0.05, 0) is 64.3 Å². The van der Waals surface area contributed by atoms with E-state index in [1.54, 1.807) is 0 Å². The van der Waals surface area contributed by atoms with Crippen LogP contribution in [0.3, 0.4) is 0 Å². The Morgan fingerprint density at radius 3 is 2.26 bits per heavy atom. The van der Waals surface area contributed by atoms with Crippen LogP contribution in [-0.4, -0.2) is 68.0 Å². The van der Waals surface area contributed by atoms with E-state index in [9.17, 15) is 4.79 Å². The molecule has 1 aromatic carbocycles. The number of carbonyl (C=O) groups is 1. The summed E-state index contributed by atoms with van der Waals surface area (Å²) in [6.07, 6.45) is -0.428. The number of piperazine rings is 1. The smallest absolute Gasteiger partial charge is 0.407 e. The fraction of sp³-hybridized carbons (Fsp3) is 0.579. The van der Waals surface area contributed by atoms with E-state index in [1.807, 2.05) is 32.9 Å². The average molecular weight is 394 g/mol. The number of hydrogen-bond donors (Lipinski definition) is 3. The van der Waals surface area contributed by atoms with Gasteiger partial charge in [0.25, 0.3) is 0 Å². The van der Waals surface area contributed by atoms with Crippen LogP contribution in [0.2, 0.25) is 0 Å². The number of nitrogens with one attached hydrogen (secondary N) is 3. The molecular weight excluding hydrogens is 362 g/mol. The Labute approximate surface area is 167 Å². The third kappa shape index (κ3) is 8.01. The average Bonchev–Trinajstić information content (AvgIpc) is 2.59. The number of rotatable bonds is 5. The predicted octanol–water partition coefficient (Wildman–Crippen LogP) is 2.25. The van der Waals surface area contributed by atoms with Crippen LogP contribution in [0.25, 0.3) is 0 Å². The lowest BCUT2D eigenvalue weighted by Crippen LogP contribution is -2.44. The summed E-state index contributed by atoms with van der Waals surface area (Å²) in [6.45, 7) is 10.7. The van der Waals surface area contributed by atoms with Crippen LogP contribution in [0.1, 0.15) is 20.8 Å². The van der Waals surface area contributed by atoms with Crippen LogP contribution in [0.15, 0.2) is 24.3 Å². The van der Waals surface area contributed by atoms with Gasteiger partial charge in [0.05, 0.1) is 0 Å². The second-order valence-corrected chi connectivity index (χ2v) is 8.06. The molecule has 27 heavy (non-hydrogen) atoms. The summed E-state index contributed by atoms with van der Waals surface area (Å²) in [5, 5.41) is 9.43. The van der Waals surface area contributed by atoms with Crippen LogP contribution < -0.4 is 20.9 Å². The topological polar surface area (TPSA) is 68.9 Å². The number of carbonyl (C=O) groups excluding carboxylic acids is 1. The van der Waals surface area contributed by atoms with E-state index in [1.165, 1.54) is 5.69 Å². The second-order valence-electron chi connectivity index (χ2n) is 7.65. The number of anilines is 2. The van der Waals surface area contributed by atoms with Crippen molar-refractivity contribution in [2.75, 3.05) is 56.5 Å². The first-order valence-corrected chi connectivity index (χ1v) is 9.69. The zero-order chi connectivity index (χ0) is 19.9. The van der Waals surface area contributed by atoms with Gasteiger partial charge in [-0.3, -0.25) is 0 Å². The van der Waals surface area contributed by atoms with Crippen molar-refractivity contribution < 1.29 is 9.53 Å². The molecular formula is C19H31N5O2S. The lowest BCUT2D eigenvalue weighted by Gasteiger charge is -2.34. The summed E-state index contributed by atoms with van der Waals surface area (Å²) in [4.78, 5) is 16.3. The number of amides is 1. The normalized spacial score (nSPS) is 15.2. The van der Waals surface area contributed by atoms with Gasteiger partial charge in [-0.15, -0.1) is 0 Å². The highest BCUT2D eigenvalue weighted by Gasteiger charge is 2.15. The standard InChI is InChI=1S/C19H31N5O2S/c1-19(2,3)26-18(25)21-10-9-20-17(27)22-15-5-7-16(8-6-15)24-13-11-23(4)12-14-24/h5-8H,9-14H2,1-4H3,(H,21,25)(H2,20,22,27). The molecule has 150 valence electrons. The largest absolute Gasteiger partial charge is 0.444 e. The SMILES string of the molecule is CN1CCN(c2ccc(NC(=S)NCCNC(=O)OC(C)(C)C)cc2)CC1. The van der Waals surface area contributed by atoms with Gasteiger partial charge in [0.1, 0.15) is 5.60 Å². The van der Waals surface area contributed by atoms with E-state index < -0.39 is 11.7 Å². The minimum Gasteiger partial charge on any atom is -0.444 e. The van der Waals surface area contributed by atoms with Crippen molar-refractivity contribution in [2.45, 2.75) is 26.4 Å². The zero-order valence-corrected chi connectivity index (χ0v) is 17.5. The molecule has 0 spiro atoms. The summed E-state index contributed by atoms with van der Waals surface area (Å²) in [6, 6.07) is 8.28. The quantitative estimate of drug-likeness (QED) is 0.524. The summed E-state index contributed by atoms with van der Waals surface area (Å²) in [5.41, 5.74) is 1.67. The number of ether oxygens (including phenoxy) is 1. The Hall–Kier alpha value is -2.06. The summed E-state index contributed by atoms with van der Waals surface area (Å²) < 4.78 is 5.17. The number of thiocarbonyl (C=S) groups is 1. The highest BCUT2D eigenvalue weighted by molar-refractivity contribution is 7.80. The van der Waals surface area contributed by atoms with Gasteiger partial charge in [-0.2, -0.15) is 0 Å². The van der Waals surface area contributed by atoms with Crippen molar-refractivity contribution in [3.63, 3.8) is 0 Å². The first-order valence-electron chi connectivity index (χ1n) is 9.28. The number of likely N-dealkylation sites (N-methyl/N-ethyl adjacent to an activating group) is 1. The first-order chi connectivity index (χ1) is 12.7. The van der Waals surface area contributed by atoms with Crippen LogP contribution in [0.5, 0.6) is 0 Å². The summed E-state index contributed by atoms with van der Waals surface area (Å²) in [7, 11) is 2.15. The number of alkyl carbamates (subject to hydrolysis) is 1. The van der Waals surface area contributed by atoms with E-state index in [0.29, 0.717) is 18.2 Å². The Morgan fingerprint density at radius 1 is 1.07 bits per heavy atom. The Kier molecular flexibility index (Phi) is 7.67. The van der Waals surface area contributed by atoms with Crippen molar-refractivity contribution in [2.24, 2.45) is 0 Å². The maximum absolute atomic E-state index is 11.6. The minimum atomic E-state index is -0.495. The highest BCUT2D eigenvalue weighted by Crippen LogP contribution is 2.19. The first kappa shape index (κ1) is 21.2. The molecule has 0 unspecified atom stereocenters. The predicted molar refractivity (Wildman–Crippen MR) is 115 cm³/mol. The maximum atomic E-state index is 11.6. The summed E-state index contributed by atoms with van der Waals surface area (Å²) >= 11 is 5.29. The van der Waals surface area contributed by atoms with Crippen LogP contribution in [0, 0.1) is 0 Å². The van der Waals surface area contributed by atoms with Gasteiger partial charge in [0.2, 0.25) is 0 Å². The fourth-order valence-electron chi connectivity index (χ4n) is 2.65. The van der Waals surface area contributed by atoms with Gasteiger partial charge in [0.15, 0.2) is 5.11 Å². The molecule has 0 atom stereocenters. The molecule has 1 amide bonds. The molecule has 1 fully saturated rings. The van der Waals surface area contributed by atoms with Crippen LogP contribution >= 0.6 is 12.2 Å². The van der Waals surface area contributed by atoms with Crippen molar-refractivity contribution in [1.29, 1.82) is 0 Å². The van der Waals surface area contributed by atoms with Gasteiger partial charge >= 0.3 is 6.09 Å². The molecule has 1 aliphatic rings. The third-order valence-electron chi connectivity index (χ3n) is 4.07. The molecule has 3 N–H and O–H groups in total. The molecule has 1 heterocycles. The Bertz CT molecular complexity index is 622. The van der Waals surface area contributed by atoms with Gasteiger partial charge in [0, 0.05) is 50.6 Å². The number of nitrogens with zero attached hydrogens (tertiary/aromatic N) is 2. The molecule has 0 aliphatic carbocycles. The van der Waals surface area contributed by atoms with Crippen molar-refractivity contribution in [3.05, 3.63) is 24.3 Å². The van der Waals surface area contributed by atoms with Crippen molar-refractivity contribution >= 4 is 34.8 Å². The van der Waals surface area contributed by atoms with Crippen LogP contribution in [-0.2, 0) is 4.74 Å². The van der Waals surface area contributed by atoms with E-state index >= 15 is 0 Å². The zero-order valence-electron chi connectivity index (χ0n) is 16.7. The van der Waals surface area contributed by atoms with Crippen molar-refractivity contribution in [3.8, 4) is 0 Å². The Balaban J connectivity index is 1.67. The molecule has 8 heteroatoms. The van der Waals surface area contributed by atoms with Gasteiger partial charge < -0.3 is 30.5 Å². The Morgan fingerprint density at radius 2 is 1.67 bits per heavy atom. The lowest BCUT2D eigenvalue weighted by molar-refractivity contribution is 0.0529. The van der Waals surface area contributed by atoms with Crippen molar-refractivity contribution in [1.82, 2.24) is 15.5 Å². The molecule has 1 saturated heterocycles. The maximum Gasteiger partial charge on any atom is 0.407 e. The van der Waals surface area contributed by atoms with E-state index in [4.69, 9.17) is 17.0 Å². The number of benzene rings is 1. The molecule has 7 nitrogen and oxygen atoms in total. The molecule has 0 bridgehead atoms. The monoisotopic (exact) mass is 393 g/mol. The number of hydrogen-bond acceptors (Lipinski definition) is 5. The van der Waals surface area contributed by atoms with E-state index in [-0.39, 0.29) is 0 Å². The molecule has 2 rings (SSSR count). The molecule has 0 aromatic heterocycles. The third-order valence-corrected chi connectivity index (χ3v) is 4.32. The lowest BCUT2D eigenvalue weighted by atomic mass is 10.2. The summed E-state index contributed by atoms with van der Waals surface area (Å²) in [5.74, 6) is 0. The van der Waals surface area contributed by atoms with Gasteiger partial charge in [-0.1, -0.05) is 0 Å².